The van der Waals surface area contributed by atoms with Gasteiger partial charge in [0.2, 0.25) is 0 Å². The van der Waals surface area contributed by atoms with E-state index in [1.54, 1.807) is 0 Å². The highest BCUT2D eigenvalue weighted by Gasteiger charge is 2.16. The quantitative estimate of drug-likeness (QED) is 0.327. The van der Waals surface area contributed by atoms with Crippen LogP contribution in [-0.4, -0.2) is 10.4 Å². The molecule has 0 spiro atoms. The van der Waals surface area contributed by atoms with Crippen LogP contribution in [0.25, 0.3) is 38.3 Å². The average molecular weight is 365 g/mol. The van der Waals surface area contributed by atoms with Crippen molar-refractivity contribution in [1.29, 1.82) is 0 Å². The van der Waals surface area contributed by atoms with Gasteiger partial charge in [0.1, 0.15) is 17.2 Å². The number of hydrogen-bond donors (Lipinski definition) is 0. The monoisotopic (exact) mass is 365 g/mol. The molecule has 0 bridgehead atoms. The Morgan fingerprint density at radius 1 is 0.821 bits per heavy atom. The predicted octanol–water partition coefficient (Wildman–Crippen LogP) is 6.32. The Balaban J connectivity index is 1.51. The zero-order valence-electron chi connectivity index (χ0n) is 15.9. The summed E-state index contributed by atoms with van der Waals surface area (Å²) in [4.78, 5) is 0. The third-order valence-corrected chi connectivity index (χ3v) is 6.20. The molecule has 6 rings (SSSR count). The fraction of sp³-hybridized carbons (Fsp3) is 0.240. The van der Waals surface area contributed by atoms with E-state index in [2.05, 4.69) is 81.7 Å². The molecule has 28 heavy (non-hydrogen) atoms. The number of aromatic nitrogens is 2. The Morgan fingerprint density at radius 2 is 1.68 bits per heavy atom. The molecule has 0 saturated heterocycles. The molecule has 3 heterocycles. The van der Waals surface area contributed by atoms with E-state index in [1.807, 2.05) is 0 Å². The summed E-state index contributed by atoms with van der Waals surface area (Å²) in [5, 5.41) is 7.52. The van der Waals surface area contributed by atoms with Gasteiger partial charge >= 0.3 is 0 Å². The van der Waals surface area contributed by atoms with Crippen LogP contribution in [0.5, 0.6) is 0 Å². The number of benzene rings is 2. The van der Waals surface area contributed by atoms with Crippen molar-refractivity contribution in [3.8, 4) is 0 Å². The van der Waals surface area contributed by atoms with Gasteiger partial charge < -0.3 is 5.32 Å². The lowest BCUT2D eigenvalue weighted by atomic mass is 9.95. The summed E-state index contributed by atoms with van der Waals surface area (Å²) in [5.41, 5.74) is 5.99. The van der Waals surface area contributed by atoms with Crippen LogP contribution in [0.1, 0.15) is 32.1 Å². The molecule has 0 N–H and O–H groups in total. The third-order valence-electron chi connectivity index (χ3n) is 6.20. The van der Waals surface area contributed by atoms with Crippen molar-refractivity contribution in [3.63, 3.8) is 0 Å². The summed E-state index contributed by atoms with van der Waals surface area (Å²) in [6.45, 7) is 0. The van der Waals surface area contributed by atoms with Gasteiger partial charge in [0.25, 0.3) is 5.65 Å². The molecule has 0 amide bonds. The summed E-state index contributed by atoms with van der Waals surface area (Å²) < 4.78 is 4.65. The van der Waals surface area contributed by atoms with Crippen LogP contribution in [0, 0.1) is 0 Å². The Kier molecular flexibility index (Phi) is 3.55. The van der Waals surface area contributed by atoms with Crippen molar-refractivity contribution in [2.45, 2.75) is 38.1 Å². The lowest BCUT2D eigenvalue weighted by molar-refractivity contribution is -0.479. The molecule has 3 aromatic heterocycles. The Hall–Kier alpha value is -3.07. The van der Waals surface area contributed by atoms with Crippen molar-refractivity contribution in [2.75, 3.05) is 0 Å². The van der Waals surface area contributed by atoms with Gasteiger partial charge in [-0.1, -0.05) is 62.4 Å². The Morgan fingerprint density at radius 3 is 2.61 bits per heavy atom. The standard InChI is InChI=1S/C25H23N3/c1-2-7-20(8-3-1)26-21-12-14-23-19(16-21)11-15-25-27(23)17-22-13-10-18-6-4-5-9-24(18)28(22)25/h4-6,9-17,20H,1-3,7-8H2. The van der Waals surface area contributed by atoms with Gasteiger partial charge in [-0.15, -0.1) is 11.7 Å². The van der Waals surface area contributed by atoms with Gasteiger partial charge in [-0.05, 0) is 30.3 Å². The SMILES string of the molecule is c1ccc2c(c1)ccc1c[n+]3c4ccc([N-]C5CCCCC5)cc4ccc3n12. The minimum Gasteiger partial charge on any atom is -0.682 e. The van der Waals surface area contributed by atoms with E-state index in [1.165, 1.54) is 65.1 Å². The molecular formula is C25H23N3. The zero-order valence-corrected chi connectivity index (χ0v) is 15.9. The lowest BCUT2D eigenvalue weighted by Crippen LogP contribution is -2.19. The molecule has 0 radical (unpaired) electrons. The molecule has 1 aliphatic rings. The first-order valence-electron chi connectivity index (χ1n) is 10.3. The molecule has 1 aliphatic carbocycles. The van der Waals surface area contributed by atoms with Crippen LogP contribution in [0.3, 0.4) is 0 Å². The summed E-state index contributed by atoms with van der Waals surface area (Å²) in [6, 6.07) is 24.6. The summed E-state index contributed by atoms with van der Waals surface area (Å²) in [7, 11) is 0. The van der Waals surface area contributed by atoms with Crippen LogP contribution in [0.2, 0.25) is 0 Å². The number of hydrogen-bond acceptors (Lipinski definition) is 0. The number of pyridine rings is 2. The Labute approximate surface area is 164 Å². The van der Waals surface area contributed by atoms with E-state index in [0.29, 0.717) is 6.04 Å². The molecule has 2 aromatic carbocycles. The molecule has 5 aromatic rings. The van der Waals surface area contributed by atoms with Crippen molar-refractivity contribution < 1.29 is 4.40 Å². The average Bonchev–Trinajstić information content (AvgIpc) is 3.14. The third kappa shape index (κ3) is 2.46. The van der Waals surface area contributed by atoms with Gasteiger partial charge in [0.05, 0.1) is 0 Å². The maximum atomic E-state index is 5.02. The highest BCUT2D eigenvalue weighted by atomic mass is 15.1. The minimum absolute atomic E-state index is 0.506. The van der Waals surface area contributed by atoms with Crippen molar-refractivity contribution in [3.05, 3.63) is 78.2 Å². The second-order valence-electron chi connectivity index (χ2n) is 8.01. The number of para-hydroxylation sites is 1. The number of nitrogens with zero attached hydrogens (tertiary/aromatic N) is 3. The number of imidazole rings is 1. The molecule has 1 fully saturated rings. The van der Waals surface area contributed by atoms with E-state index < -0.39 is 0 Å². The zero-order chi connectivity index (χ0) is 18.5. The molecule has 0 unspecified atom stereocenters. The molecule has 3 nitrogen and oxygen atoms in total. The Bertz CT molecular complexity index is 1330. The molecule has 138 valence electrons. The number of rotatable bonds is 2. The predicted molar refractivity (Wildman–Crippen MR) is 115 cm³/mol. The van der Waals surface area contributed by atoms with Crippen molar-refractivity contribution >= 4 is 38.7 Å². The number of fused-ring (bicyclic) bond motifs is 7. The maximum absolute atomic E-state index is 5.02. The first kappa shape index (κ1) is 15.9. The molecule has 1 saturated carbocycles. The summed E-state index contributed by atoms with van der Waals surface area (Å²) in [6.07, 6.45) is 8.73. The highest BCUT2D eigenvalue weighted by Crippen LogP contribution is 2.32. The van der Waals surface area contributed by atoms with Crippen molar-refractivity contribution in [1.82, 2.24) is 4.40 Å². The van der Waals surface area contributed by atoms with E-state index >= 15 is 0 Å². The van der Waals surface area contributed by atoms with Gasteiger partial charge in [-0.2, -0.15) is 8.80 Å². The molecule has 3 heteroatoms. The van der Waals surface area contributed by atoms with Crippen LogP contribution >= 0.6 is 0 Å². The first-order valence-corrected chi connectivity index (χ1v) is 10.3. The van der Waals surface area contributed by atoms with E-state index in [-0.39, 0.29) is 0 Å². The fourth-order valence-electron chi connectivity index (χ4n) is 4.79. The van der Waals surface area contributed by atoms with Crippen LogP contribution in [-0.2, 0) is 0 Å². The highest BCUT2D eigenvalue weighted by molar-refractivity contribution is 5.86. The largest absolute Gasteiger partial charge is 0.682 e. The van der Waals surface area contributed by atoms with Gasteiger partial charge in [0.15, 0.2) is 5.52 Å². The smallest absolute Gasteiger partial charge is 0.292 e. The van der Waals surface area contributed by atoms with E-state index in [9.17, 15) is 0 Å². The van der Waals surface area contributed by atoms with Crippen LogP contribution in [0.4, 0.5) is 5.69 Å². The topological polar surface area (TPSA) is 22.6 Å². The van der Waals surface area contributed by atoms with Gasteiger partial charge in [0, 0.05) is 16.8 Å². The maximum Gasteiger partial charge on any atom is 0.292 e. The summed E-state index contributed by atoms with van der Waals surface area (Å²) >= 11 is 0. The first-order chi connectivity index (χ1) is 13.9. The molecular weight excluding hydrogens is 342 g/mol. The van der Waals surface area contributed by atoms with Crippen molar-refractivity contribution in [2.24, 2.45) is 0 Å². The van der Waals surface area contributed by atoms with Crippen LogP contribution in [0.15, 0.2) is 72.9 Å². The fourth-order valence-corrected chi connectivity index (χ4v) is 4.79. The normalized spacial score (nSPS) is 15.7. The van der Waals surface area contributed by atoms with E-state index in [0.717, 1.165) is 5.69 Å². The van der Waals surface area contributed by atoms with Gasteiger partial charge in [-0.25, -0.2) is 0 Å². The van der Waals surface area contributed by atoms with Crippen LogP contribution < -0.4 is 4.40 Å². The van der Waals surface area contributed by atoms with E-state index in [4.69, 9.17) is 5.32 Å². The van der Waals surface area contributed by atoms with Gasteiger partial charge in [-0.3, -0.25) is 0 Å². The summed E-state index contributed by atoms with van der Waals surface area (Å²) in [5.74, 6) is 0. The second kappa shape index (κ2) is 6.23. The molecule has 0 atom stereocenters. The lowest BCUT2D eigenvalue weighted by Gasteiger charge is -2.36. The minimum atomic E-state index is 0.506. The second-order valence-corrected chi connectivity index (χ2v) is 8.01. The molecule has 0 aliphatic heterocycles.